The van der Waals surface area contributed by atoms with E-state index in [9.17, 15) is 5.26 Å². The summed E-state index contributed by atoms with van der Waals surface area (Å²) in [5, 5.41) is 13.0. The summed E-state index contributed by atoms with van der Waals surface area (Å²) in [5.74, 6) is 0.566. The van der Waals surface area contributed by atoms with Gasteiger partial charge in [-0.3, -0.25) is 5.32 Å². The zero-order valence-electron chi connectivity index (χ0n) is 10.4. The first-order valence-corrected chi connectivity index (χ1v) is 6.51. The average molecular weight is 228 g/mol. The molecule has 0 aliphatic heterocycles. The summed E-state index contributed by atoms with van der Waals surface area (Å²) >= 11 is 0. The van der Waals surface area contributed by atoms with Crippen LogP contribution in [0.4, 0.5) is 0 Å². The zero-order chi connectivity index (χ0) is 12.1. The Kier molecular flexibility index (Phi) is 3.81. The molecular formula is C15H20N2. The quantitative estimate of drug-likeness (QED) is 0.811. The standard InChI is InChI=1S/C15H20N2/c1-2-10-15(12-16,14-8-9-14)17-11-13-6-4-3-5-7-13/h3-7,14,17H,2,8-11H2,1H3. The highest BCUT2D eigenvalue weighted by Gasteiger charge is 2.44. The van der Waals surface area contributed by atoms with Crippen LogP contribution in [0.1, 0.15) is 38.2 Å². The van der Waals surface area contributed by atoms with E-state index in [0.717, 1.165) is 19.4 Å². The maximum atomic E-state index is 9.48. The molecule has 2 heteroatoms. The average Bonchev–Trinajstić information content (AvgIpc) is 3.20. The molecule has 17 heavy (non-hydrogen) atoms. The van der Waals surface area contributed by atoms with Crippen LogP contribution in [0, 0.1) is 17.2 Å². The molecule has 0 radical (unpaired) electrons. The van der Waals surface area contributed by atoms with Crippen LogP contribution >= 0.6 is 0 Å². The first-order chi connectivity index (χ1) is 8.30. The lowest BCUT2D eigenvalue weighted by Crippen LogP contribution is -2.45. The molecule has 2 nitrogen and oxygen atoms in total. The molecule has 1 aliphatic rings. The molecule has 1 saturated carbocycles. The van der Waals surface area contributed by atoms with Gasteiger partial charge in [-0.05, 0) is 30.7 Å². The van der Waals surface area contributed by atoms with Gasteiger partial charge in [-0.1, -0.05) is 43.7 Å². The summed E-state index contributed by atoms with van der Waals surface area (Å²) in [6.45, 7) is 2.95. The van der Waals surface area contributed by atoms with Crippen molar-refractivity contribution in [3.63, 3.8) is 0 Å². The molecule has 0 heterocycles. The summed E-state index contributed by atoms with van der Waals surface area (Å²) in [4.78, 5) is 0. The molecule has 0 aromatic heterocycles. The van der Waals surface area contributed by atoms with Gasteiger partial charge < -0.3 is 0 Å². The van der Waals surface area contributed by atoms with Crippen LogP contribution in [0.25, 0.3) is 0 Å². The fraction of sp³-hybridized carbons (Fsp3) is 0.533. The van der Waals surface area contributed by atoms with Crippen LogP contribution in [0.3, 0.4) is 0 Å². The summed E-state index contributed by atoms with van der Waals surface area (Å²) in [5.41, 5.74) is 0.966. The maximum Gasteiger partial charge on any atom is 0.109 e. The van der Waals surface area contributed by atoms with Crippen LogP contribution in [-0.4, -0.2) is 5.54 Å². The maximum absolute atomic E-state index is 9.48. The van der Waals surface area contributed by atoms with Gasteiger partial charge in [-0.2, -0.15) is 5.26 Å². The van der Waals surface area contributed by atoms with Gasteiger partial charge in [0.15, 0.2) is 0 Å². The van der Waals surface area contributed by atoms with Crippen molar-refractivity contribution in [2.75, 3.05) is 0 Å². The Labute approximate surface area is 104 Å². The number of nitriles is 1. The number of hydrogen-bond acceptors (Lipinski definition) is 2. The molecule has 1 fully saturated rings. The second-order valence-electron chi connectivity index (χ2n) is 4.95. The van der Waals surface area contributed by atoms with Gasteiger partial charge in [0.25, 0.3) is 0 Å². The van der Waals surface area contributed by atoms with Crippen molar-refractivity contribution in [3.05, 3.63) is 35.9 Å². The summed E-state index contributed by atoms with van der Waals surface area (Å²) < 4.78 is 0. The Bertz CT molecular complexity index is 389. The lowest BCUT2D eigenvalue weighted by molar-refractivity contribution is 0.335. The molecular weight excluding hydrogens is 208 g/mol. The highest BCUT2D eigenvalue weighted by Crippen LogP contribution is 2.42. The van der Waals surface area contributed by atoms with Crippen molar-refractivity contribution in [2.24, 2.45) is 5.92 Å². The Morgan fingerprint density at radius 2 is 2.06 bits per heavy atom. The molecule has 1 atom stereocenters. The van der Waals surface area contributed by atoms with E-state index in [2.05, 4.69) is 30.4 Å². The van der Waals surface area contributed by atoms with Gasteiger partial charge in [-0.25, -0.2) is 0 Å². The SMILES string of the molecule is CCCC(C#N)(NCc1ccccc1)C1CC1. The van der Waals surface area contributed by atoms with Gasteiger partial charge in [0, 0.05) is 6.54 Å². The molecule has 1 unspecified atom stereocenters. The molecule has 0 saturated heterocycles. The molecule has 1 aromatic carbocycles. The van der Waals surface area contributed by atoms with E-state index >= 15 is 0 Å². The van der Waals surface area contributed by atoms with Gasteiger partial charge >= 0.3 is 0 Å². The summed E-state index contributed by atoms with van der Waals surface area (Å²) in [7, 11) is 0. The largest absolute Gasteiger partial charge is 0.295 e. The number of hydrogen-bond donors (Lipinski definition) is 1. The minimum atomic E-state index is -0.287. The molecule has 2 rings (SSSR count). The van der Waals surface area contributed by atoms with Crippen LogP contribution in [0.15, 0.2) is 30.3 Å². The second-order valence-corrected chi connectivity index (χ2v) is 4.95. The molecule has 1 aromatic rings. The smallest absolute Gasteiger partial charge is 0.109 e. The highest BCUT2D eigenvalue weighted by molar-refractivity contribution is 5.19. The predicted octanol–water partition coefficient (Wildman–Crippen LogP) is 3.25. The van der Waals surface area contributed by atoms with Crippen LogP contribution in [0.5, 0.6) is 0 Å². The van der Waals surface area contributed by atoms with Gasteiger partial charge in [0.1, 0.15) is 5.54 Å². The Morgan fingerprint density at radius 1 is 1.35 bits per heavy atom. The summed E-state index contributed by atoms with van der Waals surface area (Å²) in [6, 6.07) is 12.9. The highest BCUT2D eigenvalue weighted by atomic mass is 15.0. The van der Waals surface area contributed by atoms with E-state index in [0.29, 0.717) is 5.92 Å². The lowest BCUT2D eigenvalue weighted by atomic mass is 9.89. The third-order valence-electron chi connectivity index (χ3n) is 3.57. The van der Waals surface area contributed by atoms with Crippen LogP contribution < -0.4 is 5.32 Å². The molecule has 90 valence electrons. The Balaban J connectivity index is 2.01. The van der Waals surface area contributed by atoms with Crippen molar-refractivity contribution in [1.82, 2.24) is 5.32 Å². The van der Waals surface area contributed by atoms with Crippen molar-refractivity contribution >= 4 is 0 Å². The first-order valence-electron chi connectivity index (χ1n) is 6.51. The number of nitrogens with one attached hydrogen (secondary N) is 1. The fourth-order valence-electron chi connectivity index (χ4n) is 2.45. The van der Waals surface area contributed by atoms with E-state index in [1.807, 2.05) is 18.2 Å². The van der Waals surface area contributed by atoms with E-state index in [1.54, 1.807) is 0 Å². The van der Waals surface area contributed by atoms with Crippen LogP contribution in [-0.2, 0) is 6.54 Å². The number of benzene rings is 1. The van der Waals surface area contributed by atoms with Gasteiger partial charge in [0.05, 0.1) is 6.07 Å². The predicted molar refractivity (Wildman–Crippen MR) is 69.3 cm³/mol. The molecule has 0 bridgehead atoms. The molecule has 0 amide bonds. The monoisotopic (exact) mass is 228 g/mol. The lowest BCUT2D eigenvalue weighted by Gasteiger charge is -2.27. The minimum absolute atomic E-state index is 0.287. The molecule has 1 N–H and O–H groups in total. The van der Waals surface area contributed by atoms with E-state index < -0.39 is 0 Å². The summed E-state index contributed by atoms with van der Waals surface area (Å²) in [6.07, 6.45) is 4.43. The van der Waals surface area contributed by atoms with E-state index in [4.69, 9.17) is 0 Å². The topological polar surface area (TPSA) is 35.8 Å². The first kappa shape index (κ1) is 12.1. The minimum Gasteiger partial charge on any atom is -0.295 e. The van der Waals surface area contributed by atoms with E-state index in [1.165, 1.54) is 18.4 Å². The van der Waals surface area contributed by atoms with Crippen molar-refractivity contribution in [3.8, 4) is 6.07 Å². The Morgan fingerprint density at radius 3 is 2.59 bits per heavy atom. The normalized spacial score (nSPS) is 18.4. The van der Waals surface area contributed by atoms with Gasteiger partial charge in [-0.15, -0.1) is 0 Å². The van der Waals surface area contributed by atoms with Gasteiger partial charge in [0.2, 0.25) is 0 Å². The van der Waals surface area contributed by atoms with E-state index in [-0.39, 0.29) is 5.54 Å². The van der Waals surface area contributed by atoms with Crippen LogP contribution in [0.2, 0.25) is 0 Å². The third kappa shape index (κ3) is 2.87. The molecule has 1 aliphatic carbocycles. The number of nitrogens with zero attached hydrogens (tertiary/aromatic N) is 1. The second kappa shape index (κ2) is 5.33. The fourth-order valence-corrected chi connectivity index (χ4v) is 2.45. The third-order valence-corrected chi connectivity index (χ3v) is 3.57. The van der Waals surface area contributed by atoms with Crippen molar-refractivity contribution < 1.29 is 0 Å². The zero-order valence-corrected chi connectivity index (χ0v) is 10.4. The molecule has 0 spiro atoms. The van der Waals surface area contributed by atoms with Crippen molar-refractivity contribution in [2.45, 2.75) is 44.7 Å². The number of rotatable bonds is 6. The van der Waals surface area contributed by atoms with Crippen molar-refractivity contribution in [1.29, 1.82) is 5.26 Å². The Hall–Kier alpha value is -1.33.